The Labute approximate surface area is 132 Å². The van der Waals surface area contributed by atoms with Gasteiger partial charge in [0.2, 0.25) is 0 Å². The van der Waals surface area contributed by atoms with Crippen LogP contribution in [0.1, 0.15) is 16.1 Å². The lowest BCUT2D eigenvalue weighted by Crippen LogP contribution is -2.05. The minimum Gasteiger partial charge on any atom is -0.495 e. The second kappa shape index (κ2) is 6.32. The first-order valence-electron chi connectivity index (χ1n) is 5.59. The number of methoxy groups -OCH3 is 1. The van der Waals surface area contributed by atoms with Crippen molar-refractivity contribution in [1.82, 2.24) is 0 Å². The Morgan fingerprint density at radius 2 is 2.15 bits per heavy atom. The van der Waals surface area contributed by atoms with Crippen LogP contribution >= 0.6 is 31.9 Å². The highest BCUT2D eigenvalue weighted by Gasteiger charge is 2.14. The van der Waals surface area contributed by atoms with Crippen molar-refractivity contribution in [2.45, 2.75) is 6.54 Å². The lowest BCUT2D eigenvalue weighted by atomic mass is 10.2. The van der Waals surface area contributed by atoms with E-state index in [1.165, 1.54) is 12.3 Å². The summed E-state index contributed by atoms with van der Waals surface area (Å²) in [5.41, 5.74) is 0.926. The van der Waals surface area contributed by atoms with Crippen molar-refractivity contribution >= 4 is 43.5 Å². The van der Waals surface area contributed by atoms with Crippen LogP contribution in [-0.2, 0) is 6.54 Å². The third-order valence-corrected chi connectivity index (χ3v) is 3.93. The maximum atomic E-state index is 11.0. The van der Waals surface area contributed by atoms with Gasteiger partial charge in [-0.3, -0.25) is 0 Å². The standard InChI is InChI=1S/C13H11Br2NO4/c1-19-11-5-10(8(14)4-9(11)15)16-6-12-7(13(17)18)2-3-20-12/h2-5,16H,6H2,1H3,(H,17,18). The van der Waals surface area contributed by atoms with Crippen LogP contribution in [0.2, 0.25) is 0 Å². The molecule has 7 heteroatoms. The summed E-state index contributed by atoms with van der Waals surface area (Å²) < 4.78 is 12.0. The topological polar surface area (TPSA) is 71.7 Å². The van der Waals surface area contributed by atoms with Gasteiger partial charge in [0.1, 0.15) is 17.1 Å². The summed E-state index contributed by atoms with van der Waals surface area (Å²) >= 11 is 6.81. The molecule has 2 rings (SSSR count). The molecule has 20 heavy (non-hydrogen) atoms. The number of rotatable bonds is 5. The molecule has 0 aliphatic heterocycles. The van der Waals surface area contributed by atoms with Crippen molar-refractivity contribution in [3.63, 3.8) is 0 Å². The highest BCUT2D eigenvalue weighted by Crippen LogP contribution is 2.34. The summed E-state index contributed by atoms with van der Waals surface area (Å²) in [6.45, 7) is 0.262. The van der Waals surface area contributed by atoms with Gasteiger partial charge in [-0.15, -0.1) is 0 Å². The van der Waals surface area contributed by atoms with Crippen LogP contribution < -0.4 is 10.1 Å². The molecule has 2 aromatic rings. The van der Waals surface area contributed by atoms with E-state index in [2.05, 4.69) is 37.2 Å². The van der Waals surface area contributed by atoms with Crippen LogP contribution in [0.15, 0.2) is 37.8 Å². The second-order valence-corrected chi connectivity index (χ2v) is 5.59. The minimum atomic E-state index is -1.01. The Balaban J connectivity index is 2.18. The van der Waals surface area contributed by atoms with E-state index in [0.717, 1.165) is 14.6 Å². The third kappa shape index (κ3) is 3.16. The molecule has 0 fully saturated rings. The molecule has 5 nitrogen and oxygen atoms in total. The first-order chi connectivity index (χ1) is 9.52. The van der Waals surface area contributed by atoms with E-state index in [1.807, 2.05) is 6.07 Å². The average Bonchev–Trinajstić information content (AvgIpc) is 2.86. The molecule has 0 saturated heterocycles. The summed E-state index contributed by atoms with van der Waals surface area (Å²) in [4.78, 5) is 11.0. The van der Waals surface area contributed by atoms with E-state index in [4.69, 9.17) is 14.3 Å². The Morgan fingerprint density at radius 1 is 1.40 bits per heavy atom. The monoisotopic (exact) mass is 403 g/mol. The molecule has 0 spiro atoms. The zero-order chi connectivity index (χ0) is 14.7. The maximum Gasteiger partial charge on any atom is 0.339 e. The molecular formula is C13H11Br2NO4. The van der Waals surface area contributed by atoms with Gasteiger partial charge in [-0.25, -0.2) is 4.79 Å². The lowest BCUT2D eigenvalue weighted by molar-refractivity contribution is 0.0694. The van der Waals surface area contributed by atoms with E-state index in [9.17, 15) is 4.79 Å². The largest absolute Gasteiger partial charge is 0.495 e. The van der Waals surface area contributed by atoms with E-state index < -0.39 is 5.97 Å². The SMILES string of the molecule is COc1cc(NCc2occc2C(=O)O)c(Br)cc1Br. The quantitative estimate of drug-likeness (QED) is 0.784. The fourth-order valence-electron chi connectivity index (χ4n) is 1.66. The van der Waals surface area contributed by atoms with Gasteiger partial charge in [-0.05, 0) is 44.0 Å². The van der Waals surface area contributed by atoms with Crippen LogP contribution in [0.4, 0.5) is 5.69 Å². The van der Waals surface area contributed by atoms with Crippen LogP contribution in [-0.4, -0.2) is 18.2 Å². The van der Waals surface area contributed by atoms with Crippen molar-refractivity contribution < 1.29 is 19.1 Å². The highest BCUT2D eigenvalue weighted by molar-refractivity contribution is 9.11. The van der Waals surface area contributed by atoms with Crippen molar-refractivity contribution in [2.24, 2.45) is 0 Å². The summed E-state index contributed by atoms with van der Waals surface area (Å²) in [7, 11) is 1.58. The van der Waals surface area contributed by atoms with Crippen molar-refractivity contribution in [1.29, 1.82) is 0 Å². The third-order valence-electron chi connectivity index (χ3n) is 2.66. The van der Waals surface area contributed by atoms with Gasteiger partial charge in [0.15, 0.2) is 0 Å². The van der Waals surface area contributed by atoms with E-state index in [0.29, 0.717) is 11.5 Å². The molecule has 106 valence electrons. The number of benzene rings is 1. The molecular weight excluding hydrogens is 394 g/mol. The zero-order valence-electron chi connectivity index (χ0n) is 10.4. The number of hydrogen-bond donors (Lipinski definition) is 2. The summed E-state index contributed by atoms with van der Waals surface area (Å²) in [6.07, 6.45) is 1.36. The Hall–Kier alpha value is -1.47. The van der Waals surface area contributed by atoms with E-state index >= 15 is 0 Å². The Kier molecular flexibility index (Phi) is 4.72. The molecule has 1 aromatic heterocycles. The molecule has 0 unspecified atom stereocenters. The molecule has 1 aromatic carbocycles. The zero-order valence-corrected chi connectivity index (χ0v) is 13.6. The Morgan fingerprint density at radius 3 is 2.80 bits per heavy atom. The number of furan rings is 1. The first-order valence-corrected chi connectivity index (χ1v) is 7.18. The van der Waals surface area contributed by atoms with E-state index in [1.54, 1.807) is 13.2 Å². The average molecular weight is 405 g/mol. The second-order valence-electron chi connectivity index (χ2n) is 3.88. The smallest absolute Gasteiger partial charge is 0.339 e. The van der Waals surface area contributed by atoms with Crippen molar-refractivity contribution in [3.8, 4) is 5.75 Å². The van der Waals surface area contributed by atoms with Crippen molar-refractivity contribution in [2.75, 3.05) is 12.4 Å². The lowest BCUT2D eigenvalue weighted by Gasteiger charge is -2.11. The first kappa shape index (κ1) is 14.9. The van der Waals surface area contributed by atoms with Gasteiger partial charge in [-0.2, -0.15) is 0 Å². The van der Waals surface area contributed by atoms with Gasteiger partial charge < -0.3 is 19.6 Å². The van der Waals surface area contributed by atoms with E-state index in [-0.39, 0.29) is 12.1 Å². The number of aromatic carboxylic acids is 1. The number of halogens is 2. The van der Waals surface area contributed by atoms with Gasteiger partial charge in [0, 0.05) is 10.5 Å². The number of carbonyl (C=O) groups is 1. The van der Waals surface area contributed by atoms with Crippen LogP contribution in [0.5, 0.6) is 5.75 Å². The summed E-state index contributed by atoms with van der Waals surface area (Å²) in [5, 5.41) is 12.1. The molecule has 0 aliphatic carbocycles. The summed E-state index contributed by atoms with van der Waals surface area (Å²) in [5.74, 6) is 0.0305. The normalized spacial score (nSPS) is 10.3. The summed E-state index contributed by atoms with van der Waals surface area (Å²) in [6, 6.07) is 5.08. The fourth-order valence-corrected chi connectivity index (χ4v) is 2.96. The molecule has 0 radical (unpaired) electrons. The molecule has 0 amide bonds. The van der Waals surface area contributed by atoms with Crippen molar-refractivity contribution in [3.05, 3.63) is 44.7 Å². The Bertz CT molecular complexity index is 639. The van der Waals surface area contributed by atoms with Gasteiger partial charge >= 0.3 is 5.97 Å². The van der Waals surface area contributed by atoms with Gasteiger partial charge in [0.05, 0.1) is 30.1 Å². The molecule has 0 saturated carbocycles. The number of carboxylic acid groups (broad SMARTS) is 1. The minimum absolute atomic E-state index is 0.151. The van der Waals surface area contributed by atoms with Crippen LogP contribution in [0, 0.1) is 0 Å². The fraction of sp³-hybridized carbons (Fsp3) is 0.154. The van der Waals surface area contributed by atoms with Gasteiger partial charge in [-0.1, -0.05) is 0 Å². The molecule has 0 atom stereocenters. The number of carboxylic acids is 1. The molecule has 1 heterocycles. The van der Waals surface area contributed by atoms with Gasteiger partial charge in [0.25, 0.3) is 0 Å². The van der Waals surface area contributed by atoms with Crippen LogP contribution in [0.3, 0.4) is 0 Å². The molecule has 0 bridgehead atoms. The highest BCUT2D eigenvalue weighted by atomic mass is 79.9. The predicted octanol–water partition coefficient (Wildman–Crippen LogP) is 4.12. The number of anilines is 1. The number of hydrogen-bond acceptors (Lipinski definition) is 4. The molecule has 2 N–H and O–H groups in total. The molecule has 0 aliphatic rings. The predicted molar refractivity (Wildman–Crippen MR) is 81.4 cm³/mol. The number of ether oxygens (including phenoxy) is 1. The van der Waals surface area contributed by atoms with Crippen LogP contribution in [0.25, 0.3) is 0 Å². The maximum absolute atomic E-state index is 11.0. The number of nitrogens with one attached hydrogen (secondary N) is 1.